The second kappa shape index (κ2) is 8.21. The van der Waals surface area contributed by atoms with Gasteiger partial charge in [-0.2, -0.15) is 21.9 Å². The summed E-state index contributed by atoms with van der Waals surface area (Å²) in [5, 5.41) is 17.7. The van der Waals surface area contributed by atoms with Crippen LogP contribution in [0.2, 0.25) is 0 Å². The van der Waals surface area contributed by atoms with E-state index in [0.29, 0.717) is 0 Å². The van der Waals surface area contributed by atoms with Crippen molar-refractivity contribution in [3.05, 3.63) is 48.7 Å². The van der Waals surface area contributed by atoms with Crippen LogP contribution in [-0.2, 0) is 20.2 Å². The topological polar surface area (TPSA) is 167 Å². The predicted molar refractivity (Wildman–Crippen MR) is 93.7 cm³/mol. The van der Waals surface area contributed by atoms with Gasteiger partial charge in [0, 0.05) is 11.6 Å². The molecule has 3 aromatic rings. The SMILES string of the molecule is O=S(=O)(O)c1cccc(N=Nc2cc(S(=O)(=O)O)c3cccnc3c2O)c1.[Na+]. The molecule has 0 bridgehead atoms. The van der Waals surface area contributed by atoms with E-state index < -0.39 is 35.8 Å². The van der Waals surface area contributed by atoms with Crippen LogP contribution in [0.25, 0.3) is 10.9 Å². The number of hydrogen-bond donors (Lipinski definition) is 3. The van der Waals surface area contributed by atoms with Gasteiger partial charge < -0.3 is 5.11 Å². The zero-order chi connectivity index (χ0) is 19.8. The van der Waals surface area contributed by atoms with Gasteiger partial charge in [-0.3, -0.25) is 14.1 Å². The molecular weight excluding hydrogens is 421 g/mol. The number of aromatic hydroxyl groups is 1. The zero-order valence-corrected chi connectivity index (χ0v) is 17.9. The number of aromatic nitrogens is 1. The van der Waals surface area contributed by atoms with Crippen LogP contribution in [0.4, 0.5) is 11.4 Å². The quantitative estimate of drug-likeness (QED) is 0.291. The van der Waals surface area contributed by atoms with E-state index in [2.05, 4.69) is 15.2 Å². The molecule has 0 aliphatic carbocycles. The summed E-state index contributed by atoms with van der Waals surface area (Å²) in [4.78, 5) is 2.94. The van der Waals surface area contributed by atoms with Gasteiger partial charge in [-0.1, -0.05) is 6.07 Å². The Morgan fingerprint density at radius 2 is 1.61 bits per heavy atom. The van der Waals surface area contributed by atoms with Gasteiger partial charge in [-0.15, -0.1) is 5.11 Å². The maximum Gasteiger partial charge on any atom is 1.00 e. The van der Waals surface area contributed by atoms with E-state index in [0.717, 1.165) is 18.2 Å². The molecule has 2 aromatic carbocycles. The number of hydrogen-bond acceptors (Lipinski definition) is 8. The molecule has 0 aliphatic rings. The Balaban J connectivity index is 0.00000280. The Bertz CT molecular complexity index is 1290. The number of phenols is 1. The fraction of sp³-hybridized carbons (Fsp3) is 0. The molecule has 0 radical (unpaired) electrons. The van der Waals surface area contributed by atoms with Crippen molar-refractivity contribution in [2.24, 2.45) is 10.2 Å². The Kier molecular flexibility index (Phi) is 6.55. The van der Waals surface area contributed by atoms with Crippen LogP contribution >= 0.6 is 0 Å². The summed E-state index contributed by atoms with van der Waals surface area (Å²) in [6.45, 7) is 0. The molecule has 3 rings (SSSR count). The number of nitrogens with zero attached hydrogens (tertiary/aromatic N) is 3. The van der Waals surface area contributed by atoms with Crippen LogP contribution < -0.4 is 29.6 Å². The molecule has 0 unspecified atom stereocenters. The number of fused-ring (bicyclic) bond motifs is 1. The molecule has 0 fully saturated rings. The monoisotopic (exact) mass is 432 g/mol. The van der Waals surface area contributed by atoms with Crippen molar-refractivity contribution >= 4 is 42.5 Å². The van der Waals surface area contributed by atoms with Gasteiger partial charge in [0.1, 0.15) is 16.1 Å². The van der Waals surface area contributed by atoms with Gasteiger partial charge in [-0.05, 0) is 36.4 Å². The second-order valence-corrected chi connectivity index (χ2v) is 8.10. The first-order valence-corrected chi connectivity index (χ1v) is 10.0. The molecule has 0 aliphatic heterocycles. The van der Waals surface area contributed by atoms with E-state index in [-0.39, 0.29) is 51.8 Å². The second-order valence-electron chi connectivity index (χ2n) is 5.29. The molecule has 140 valence electrons. The molecule has 3 N–H and O–H groups in total. The molecule has 10 nitrogen and oxygen atoms in total. The maximum atomic E-state index is 11.6. The number of phenolic OH excluding ortho intramolecular Hbond substituents is 1. The maximum absolute atomic E-state index is 11.6. The summed E-state index contributed by atoms with van der Waals surface area (Å²) in [6.07, 6.45) is 1.31. The van der Waals surface area contributed by atoms with Crippen molar-refractivity contribution in [1.82, 2.24) is 4.98 Å². The Labute approximate surface area is 181 Å². The van der Waals surface area contributed by atoms with Gasteiger partial charge in [-0.25, -0.2) is 0 Å². The Hall–Kier alpha value is -1.93. The van der Waals surface area contributed by atoms with Crippen molar-refractivity contribution in [3.63, 3.8) is 0 Å². The van der Waals surface area contributed by atoms with Gasteiger partial charge >= 0.3 is 29.6 Å². The number of pyridine rings is 1. The zero-order valence-electron chi connectivity index (χ0n) is 14.3. The van der Waals surface area contributed by atoms with E-state index in [1.165, 1.54) is 30.5 Å². The number of benzene rings is 2. The minimum atomic E-state index is -4.64. The molecule has 0 spiro atoms. The summed E-state index contributed by atoms with van der Waals surface area (Å²) in [7, 11) is -9.09. The van der Waals surface area contributed by atoms with Crippen LogP contribution in [0.5, 0.6) is 5.75 Å². The van der Waals surface area contributed by atoms with E-state index >= 15 is 0 Å². The molecular formula is C15H11N3NaO7S2+. The van der Waals surface area contributed by atoms with Crippen molar-refractivity contribution in [2.45, 2.75) is 9.79 Å². The van der Waals surface area contributed by atoms with Crippen LogP contribution in [-0.4, -0.2) is 36.0 Å². The van der Waals surface area contributed by atoms with Gasteiger partial charge in [0.15, 0.2) is 5.75 Å². The van der Waals surface area contributed by atoms with Gasteiger partial charge in [0.05, 0.1) is 10.6 Å². The molecule has 0 saturated heterocycles. The van der Waals surface area contributed by atoms with Gasteiger partial charge in [0.2, 0.25) is 0 Å². The van der Waals surface area contributed by atoms with E-state index in [1.807, 2.05) is 0 Å². The molecule has 1 heterocycles. The number of azo groups is 1. The van der Waals surface area contributed by atoms with E-state index in [4.69, 9.17) is 4.55 Å². The standard InChI is InChI=1S/C15H11N3O7S2.Na/c19-15-12(18-17-9-3-1-4-10(7-9)26(20,21)22)8-13(27(23,24)25)11-5-2-6-16-14(11)15;/h1-8,19H,(H,20,21,22)(H,23,24,25);/q;+1. The third-order valence-corrected chi connectivity index (χ3v) is 5.22. The van der Waals surface area contributed by atoms with Crippen LogP contribution in [0.1, 0.15) is 0 Å². The summed E-state index contributed by atoms with van der Waals surface area (Å²) >= 11 is 0. The fourth-order valence-corrected chi connectivity index (χ4v) is 3.52. The minimum absolute atomic E-state index is 0. The van der Waals surface area contributed by atoms with Crippen molar-refractivity contribution in [3.8, 4) is 5.75 Å². The van der Waals surface area contributed by atoms with Gasteiger partial charge in [0.25, 0.3) is 20.2 Å². The normalized spacial score (nSPS) is 12.2. The van der Waals surface area contributed by atoms with E-state index in [9.17, 15) is 26.5 Å². The van der Waals surface area contributed by atoms with Crippen molar-refractivity contribution in [1.29, 1.82) is 0 Å². The summed E-state index contributed by atoms with van der Waals surface area (Å²) < 4.78 is 64.0. The molecule has 1 aromatic heterocycles. The minimum Gasteiger partial charge on any atom is -0.504 e. The summed E-state index contributed by atoms with van der Waals surface area (Å²) in [6, 6.07) is 8.53. The third-order valence-electron chi connectivity index (χ3n) is 3.47. The smallest absolute Gasteiger partial charge is 0.504 e. The van der Waals surface area contributed by atoms with E-state index in [1.54, 1.807) is 0 Å². The predicted octanol–water partition coefficient (Wildman–Crippen LogP) is -0.147. The van der Waals surface area contributed by atoms with Crippen LogP contribution in [0.15, 0.2) is 68.7 Å². The largest absolute Gasteiger partial charge is 1.00 e. The van der Waals surface area contributed by atoms with Crippen LogP contribution in [0.3, 0.4) is 0 Å². The van der Waals surface area contributed by atoms with Crippen molar-refractivity contribution in [2.75, 3.05) is 0 Å². The average Bonchev–Trinajstić information content (AvgIpc) is 2.60. The van der Waals surface area contributed by atoms with Crippen molar-refractivity contribution < 1.29 is 60.6 Å². The first-order valence-electron chi connectivity index (χ1n) is 7.15. The number of rotatable bonds is 4. The third kappa shape index (κ3) is 4.72. The molecule has 0 saturated carbocycles. The molecule has 0 amide bonds. The first-order chi connectivity index (χ1) is 12.6. The summed E-state index contributed by atoms with van der Waals surface area (Å²) in [5.74, 6) is -0.479. The fourth-order valence-electron chi connectivity index (χ4n) is 2.29. The average molecular weight is 432 g/mol. The first kappa shape index (κ1) is 22.4. The molecule has 0 atom stereocenters. The summed E-state index contributed by atoms with van der Waals surface area (Å²) in [5.41, 5.74) is -0.418. The molecule has 13 heteroatoms. The Morgan fingerprint density at radius 1 is 0.893 bits per heavy atom. The molecule has 28 heavy (non-hydrogen) atoms. The van der Waals surface area contributed by atoms with Crippen LogP contribution in [0, 0.1) is 0 Å². The Morgan fingerprint density at radius 3 is 2.25 bits per heavy atom.